The van der Waals surface area contributed by atoms with Crippen LogP contribution in [0.1, 0.15) is 42.4 Å². The van der Waals surface area contributed by atoms with Crippen LogP contribution in [0.5, 0.6) is 5.75 Å². The van der Waals surface area contributed by atoms with Crippen molar-refractivity contribution in [2.45, 2.75) is 42.8 Å². The molecular weight excluding hydrogens is 366 g/mol. The molecule has 1 aliphatic rings. The van der Waals surface area contributed by atoms with Gasteiger partial charge in [0, 0.05) is 11.3 Å². The molecule has 3 aromatic rings. The zero-order valence-corrected chi connectivity index (χ0v) is 16.1. The third-order valence-electron chi connectivity index (χ3n) is 4.39. The molecule has 2 aromatic carbocycles. The highest BCUT2D eigenvalue weighted by Crippen LogP contribution is 2.42. The maximum atomic E-state index is 6.18. The summed E-state index contributed by atoms with van der Waals surface area (Å²) in [6, 6.07) is 18.5. The molecule has 0 saturated heterocycles. The van der Waals surface area contributed by atoms with E-state index in [1.165, 1.54) is 18.4 Å². The Labute approximate surface area is 162 Å². The molecule has 0 radical (unpaired) electrons. The van der Waals surface area contributed by atoms with Crippen molar-refractivity contribution < 1.29 is 4.74 Å². The summed E-state index contributed by atoms with van der Waals surface area (Å²) in [7, 11) is 0. The fraction of sp³-hybridized carbons (Fsp3) is 0.300. The lowest BCUT2D eigenvalue weighted by Crippen LogP contribution is -2.07. The van der Waals surface area contributed by atoms with Gasteiger partial charge in [0.25, 0.3) is 0 Å². The number of hydrogen-bond acceptors (Lipinski definition) is 4. The molecule has 1 saturated carbocycles. The maximum absolute atomic E-state index is 6.18. The molecule has 26 heavy (non-hydrogen) atoms. The molecule has 134 valence electrons. The normalized spacial score (nSPS) is 15.0. The third-order valence-corrected chi connectivity index (χ3v) is 5.82. The molecule has 1 atom stereocenters. The third kappa shape index (κ3) is 3.89. The lowest BCUT2D eigenvalue weighted by Gasteiger charge is -2.13. The summed E-state index contributed by atoms with van der Waals surface area (Å²) >= 11 is 7.92. The van der Waals surface area contributed by atoms with Crippen LogP contribution < -0.4 is 4.74 Å². The Morgan fingerprint density at radius 2 is 1.85 bits per heavy atom. The van der Waals surface area contributed by atoms with Crippen molar-refractivity contribution in [3.05, 3.63) is 71.0 Å². The standard InChI is InChI=1S/C20H20ClN3OS/c1-14(15-7-3-2-4-8-15)26-20-23-22-19(24(20)16-11-12-16)13-25-18-10-6-5-9-17(18)21/h2-10,14,16H,11-13H2,1H3/t14-/m0/s1. The van der Waals surface area contributed by atoms with Crippen LogP contribution >= 0.6 is 23.4 Å². The fourth-order valence-electron chi connectivity index (χ4n) is 2.84. The van der Waals surface area contributed by atoms with Gasteiger partial charge in [0.15, 0.2) is 11.0 Å². The predicted octanol–water partition coefficient (Wildman–Crippen LogP) is 5.70. The Balaban J connectivity index is 1.51. The van der Waals surface area contributed by atoms with Gasteiger partial charge in [0.2, 0.25) is 0 Å². The van der Waals surface area contributed by atoms with Gasteiger partial charge in [-0.25, -0.2) is 0 Å². The lowest BCUT2D eigenvalue weighted by molar-refractivity contribution is 0.288. The largest absolute Gasteiger partial charge is 0.484 e. The van der Waals surface area contributed by atoms with Gasteiger partial charge in [0.05, 0.1) is 5.02 Å². The first-order valence-corrected chi connectivity index (χ1v) is 10.0. The molecule has 1 aromatic heterocycles. The smallest absolute Gasteiger partial charge is 0.192 e. The molecule has 6 heteroatoms. The molecule has 4 rings (SSSR count). The second kappa shape index (κ2) is 7.72. The minimum atomic E-state index is 0.315. The van der Waals surface area contributed by atoms with E-state index in [-0.39, 0.29) is 0 Å². The number of ether oxygens (including phenoxy) is 1. The van der Waals surface area contributed by atoms with Gasteiger partial charge >= 0.3 is 0 Å². The molecule has 4 nitrogen and oxygen atoms in total. The van der Waals surface area contributed by atoms with E-state index in [9.17, 15) is 0 Å². The van der Waals surface area contributed by atoms with Gasteiger partial charge in [-0.3, -0.25) is 4.57 Å². The summed E-state index contributed by atoms with van der Waals surface area (Å²) in [5, 5.41) is 10.7. The quantitative estimate of drug-likeness (QED) is 0.489. The summed E-state index contributed by atoms with van der Waals surface area (Å²) < 4.78 is 8.12. The zero-order valence-electron chi connectivity index (χ0n) is 14.5. The van der Waals surface area contributed by atoms with Crippen LogP contribution in [0.3, 0.4) is 0 Å². The van der Waals surface area contributed by atoms with E-state index < -0.39 is 0 Å². The molecule has 1 fully saturated rings. The van der Waals surface area contributed by atoms with E-state index in [1.807, 2.05) is 30.3 Å². The van der Waals surface area contributed by atoms with Crippen LogP contribution in [0, 0.1) is 0 Å². The summed E-state index contributed by atoms with van der Waals surface area (Å²) in [5.74, 6) is 1.53. The van der Waals surface area contributed by atoms with E-state index >= 15 is 0 Å². The molecule has 0 spiro atoms. The van der Waals surface area contributed by atoms with Crippen LogP contribution in [-0.2, 0) is 6.61 Å². The van der Waals surface area contributed by atoms with E-state index in [1.54, 1.807) is 11.8 Å². The number of rotatable bonds is 7. The second-order valence-electron chi connectivity index (χ2n) is 6.39. The molecule has 0 unspecified atom stereocenters. The minimum absolute atomic E-state index is 0.315. The number of para-hydroxylation sites is 1. The first-order valence-electron chi connectivity index (χ1n) is 8.75. The van der Waals surface area contributed by atoms with Gasteiger partial charge in [-0.2, -0.15) is 0 Å². The lowest BCUT2D eigenvalue weighted by atomic mass is 10.2. The summed E-state index contributed by atoms with van der Waals surface area (Å²) in [4.78, 5) is 0. The topological polar surface area (TPSA) is 39.9 Å². The van der Waals surface area contributed by atoms with Crippen molar-refractivity contribution in [2.24, 2.45) is 0 Å². The summed E-state index contributed by atoms with van der Waals surface area (Å²) in [6.07, 6.45) is 2.34. The van der Waals surface area contributed by atoms with Crippen molar-refractivity contribution in [3.8, 4) is 5.75 Å². The van der Waals surface area contributed by atoms with E-state index in [0.717, 1.165) is 11.0 Å². The maximum Gasteiger partial charge on any atom is 0.192 e. The fourth-order valence-corrected chi connectivity index (χ4v) is 4.10. The Morgan fingerprint density at radius 1 is 1.12 bits per heavy atom. The monoisotopic (exact) mass is 385 g/mol. The summed E-state index contributed by atoms with van der Waals surface area (Å²) in [5.41, 5.74) is 1.29. The second-order valence-corrected chi connectivity index (χ2v) is 8.10. The van der Waals surface area contributed by atoms with Crippen molar-refractivity contribution >= 4 is 23.4 Å². The van der Waals surface area contributed by atoms with E-state index in [2.05, 4.69) is 46.0 Å². The highest BCUT2D eigenvalue weighted by atomic mass is 35.5. The SMILES string of the molecule is C[C@H](Sc1nnc(COc2ccccc2Cl)n1C1CC1)c1ccccc1. The molecule has 0 amide bonds. The molecule has 1 heterocycles. The van der Waals surface area contributed by atoms with E-state index in [4.69, 9.17) is 16.3 Å². The van der Waals surface area contributed by atoms with Gasteiger partial charge in [-0.1, -0.05) is 65.8 Å². The number of benzene rings is 2. The van der Waals surface area contributed by atoms with Crippen LogP contribution in [0.2, 0.25) is 5.02 Å². The first kappa shape index (κ1) is 17.4. The number of nitrogens with zero attached hydrogens (tertiary/aromatic N) is 3. The van der Waals surface area contributed by atoms with Crippen LogP contribution in [0.15, 0.2) is 59.8 Å². The molecule has 0 bridgehead atoms. The Morgan fingerprint density at radius 3 is 2.58 bits per heavy atom. The average molecular weight is 386 g/mol. The zero-order chi connectivity index (χ0) is 17.9. The number of thioether (sulfide) groups is 1. The van der Waals surface area contributed by atoms with Gasteiger partial charge in [0.1, 0.15) is 12.4 Å². The molecule has 0 N–H and O–H groups in total. The van der Waals surface area contributed by atoms with Gasteiger partial charge < -0.3 is 4.74 Å². The highest BCUT2D eigenvalue weighted by Gasteiger charge is 2.30. The predicted molar refractivity (Wildman–Crippen MR) is 105 cm³/mol. The minimum Gasteiger partial charge on any atom is -0.484 e. The van der Waals surface area contributed by atoms with E-state index in [0.29, 0.717) is 28.7 Å². The summed E-state index contributed by atoms with van der Waals surface area (Å²) in [6.45, 7) is 2.57. The van der Waals surface area contributed by atoms with Crippen molar-refractivity contribution in [2.75, 3.05) is 0 Å². The molecular formula is C20H20ClN3OS. The first-order chi connectivity index (χ1) is 12.7. The number of halogens is 1. The Kier molecular flexibility index (Phi) is 5.18. The molecule has 1 aliphatic carbocycles. The van der Waals surface area contributed by atoms with Crippen molar-refractivity contribution in [1.29, 1.82) is 0 Å². The van der Waals surface area contributed by atoms with Gasteiger partial charge in [-0.15, -0.1) is 10.2 Å². The molecule has 0 aliphatic heterocycles. The van der Waals surface area contributed by atoms with Crippen LogP contribution in [0.25, 0.3) is 0 Å². The van der Waals surface area contributed by atoms with Crippen LogP contribution in [0.4, 0.5) is 0 Å². The van der Waals surface area contributed by atoms with Crippen molar-refractivity contribution in [1.82, 2.24) is 14.8 Å². The highest BCUT2D eigenvalue weighted by molar-refractivity contribution is 7.99. The number of hydrogen-bond donors (Lipinski definition) is 0. The van der Waals surface area contributed by atoms with Crippen molar-refractivity contribution in [3.63, 3.8) is 0 Å². The average Bonchev–Trinajstić information content (AvgIpc) is 3.43. The number of aromatic nitrogens is 3. The Hall–Kier alpha value is -1.98. The van der Waals surface area contributed by atoms with Gasteiger partial charge in [-0.05, 0) is 37.5 Å². The Bertz CT molecular complexity index is 880. The van der Waals surface area contributed by atoms with Crippen LogP contribution in [-0.4, -0.2) is 14.8 Å².